The van der Waals surface area contributed by atoms with Crippen LogP contribution in [0.2, 0.25) is 0 Å². The van der Waals surface area contributed by atoms with Gasteiger partial charge in [0.05, 0.1) is 18.2 Å². The van der Waals surface area contributed by atoms with Crippen LogP contribution in [0.3, 0.4) is 0 Å². The highest BCUT2D eigenvalue weighted by atomic mass is 16.5. The highest BCUT2D eigenvalue weighted by Crippen LogP contribution is 2.43. The normalized spacial score (nSPS) is 17.2. The number of fused-ring (bicyclic) bond motifs is 1. The maximum atomic E-state index is 13.4. The zero-order valence-corrected chi connectivity index (χ0v) is 19.6. The molecule has 174 valence electrons. The minimum atomic E-state index is -0.763. The van der Waals surface area contributed by atoms with Gasteiger partial charge in [0, 0.05) is 11.3 Å². The van der Waals surface area contributed by atoms with Crippen LogP contribution in [0.15, 0.2) is 96.6 Å². The molecule has 4 aromatic carbocycles. The Morgan fingerprint density at radius 3 is 2.29 bits per heavy atom. The smallest absolute Gasteiger partial charge is 0.300 e. The van der Waals surface area contributed by atoms with E-state index in [0.717, 1.165) is 21.9 Å². The highest BCUT2D eigenvalue weighted by Gasteiger charge is 2.47. The Labute approximate surface area is 203 Å². The summed E-state index contributed by atoms with van der Waals surface area (Å²) >= 11 is 0. The molecule has 1 atom stereocenters. The van der Waals surface area contributed by atoms with E-state index in [4.69, 9.17) is 4.74 Å². The fourth-order valence-corrected chi connectivity index (χ4v) is 4.65. The fraction of sp³-hybridized carbons (Fsp3) is 0.133. The van der Waals surface area contributed by atoms with Gasteiger partial charge in [0.15, 0.2) is 0 Å². The van der Waals surface area contributed by atoms with Gasteiger partial charge in [0.2, 0.25) is 0 Å². The van der Waals surface area contributed by atoms with Gasteiger partial charge in [-0.15, -0.1) is 0 Å². The summed E-state index contributed by atoms with van der Waals surface area (Å²) in [4.78, 5) is 28.2. The predicted octanol–water partition coefficient (Wildman–Crippen LogP) is 6.17. The van der Waals surface area contributed by atoms with Crippen LogP contribution >= 0.6 is 0 Å². The van der Waals surface area contributed by atoms with E-state index in [1.807, 2.05) is 74.5 Å². The van der Waals surface area contributed by atoms with Gasteiger partial charge in [-0.25, -0.2) is 0 Å². The summed E-state index contributed by atoms with van der Waals surface area (Å²) in [5.41, 5.74) is 2.82. The van der Waals surface area contributed by atoms with Crippen molar-refractivity contribution in [1.29, 1.82) is 0 Å². The summed E-state index contributed by atoms with van der Waals surface area (Å²) in [5.74, 6) is -0.894. The summed E-state index contributed by atoms with van der Waals surface area (Å²) in [6, 6.07) is 27.2. The number of amides is 1. The molecule has 1 heterocycles. The van der Waals surface area contributed by atoms with Crippen molar-refractivity contribution in [2.24, 2.45) is 0 Å². The summed E-state index contributed by atoms with van der Waals surface area (Å²) in [6.07, 6.45) is 0. The van der Waals surface area contributed by atoms with E-state index < -0.39 is 17.7 Å². The lowest BCUT2D eigenvalue weighted by molar-refractivity contribution is -0.132. The molecule has 5 nitrogen and oxygen atoms in total. The van der Waals surface area contributed by atoms with Gasteiger partial charge in [-0.2, -0.15) is 0 Å². The number of ether oxygens (including phenoxy) is 1. The number of aliphatic hydroxyl groups excluding tert-OH is 1. The molecular weight excluding hydrogens is 438 g/mol. The van der Waals surface area contributed by atoms with Crippen LogP contribution in [-0.4, -0.2) is 23.4 Å². The number of nitrogens with zero attached hydrogens (tertiary/aromatic N) is 1. The number of rotatable bonds is 5. The first-order valence-electron chi connectivity index (χ1n) is 11.6. The number of carbonyl (C=O) groups excluding carboxylic acids is 2. The molecule has 1 saturated heterocycles. The second-order valence-corrected chi connectivity index (χ2v) is 8.51. The minimum absolute atomic E-state index is 0.0773. The van der Waals surface area contributed by atoms with Gasteiger partial charge < -0.3 is 9.84 Å². The Balaban J connectivity index is 1.70. The first-order chi connectivity index (χ1) is 17.0. The Hall–Kier alpha value is -4.38. The van der Waals surface area contributed by atoms with Crippen LogP contribution < -0.4 is 9.64 Å². The van der Waals surface area contributed by atoms with Crippen molar-refractivity contribution in [1.82, 2.24) is 0 Å². The summed E-state index contributed by atoms with van der Waals surface area (Å²) in [6.45, 7) is 4.36. The molecule has 0 saturated carbocycles. The van der Waals surface area contributed by atoms with E-state index in [0.29, 0.717) is 23.6 Å². The average molecular weight is 464 g/mol. The third-order valence-corrected chi connectivity index (χ3v) is 6.38. The molecule has 0 aliphatic carbocycles. The second-order valence-electron chi connectivity index (χ2n) is 8.51. The number of aliphatic hydroxyl groups is 1. The Morgan fingerprint density at radius 2 is 1.57 bits per heavy atom. The number of hydrogen-bond donors (Lipinski definition) is 1. The van der Waals surface area contributed by atoms with Crippen molar-refractivity contribution in [3.05, 3.63) is 113 Å². The van der Waals surface area contributed by atoms with Crippen LogP contribution in [0.5, 0.6) is 5.75 Å². The van der Waals surface area contributed by atoms with Gasteiger partial charge in [-0.1, -0.05) is 60.7 Å². The monoisotopic (exact) mass is 463 g/mol. The van der Waals surface area contributed by atoms with E-state index >= 15 is 0 Å². The van der Waals surface area contributed by atoms with Crippen LogP contribution in [-0.2, 0) is 9.59 Å². The standard InChI is InChI=1S/C30H25NO4/c1-3-35-24-16-14-23(15-17-24)31-27(25-11-7-4-8-19(25)2)26(29(33)30(31)34)28(32)22-13-12-20-9-5-6-10-21(20)18-22/h4-18,27,32H,3H2,1-2H3/b28-26+. The van der Waals surface area contributed by atoms with Crippen molar-refractivity contribution in [3.63, 3.8) is 0 Å². The topological polar surface area (TPSA) is 66.8 Å². The predicted molar refractivity (Wildman–Crippen MR) is 138 cm³/mol. The zero-order chi connectivity index (χ0) is 24.5. The number of ketones is 1. The molecular formula is C30H25NO4. The first-order valence-corrected chi connectivity index (χ1v) is 11.6. The molecule has 1 fully saturated rings. The number of hydrogen-bond acceptors (Lipinski definition) is 4. The lowest BCUT2D eigenvalue weighted by atomic mass is 9.92. The molecule has 4 aromatic rings. The number of anilines is 1. The quantitative estimate of drug-likeness (QED) is 0.218. The molecule has 1 aliphatic heterocycles. The summed E-state index contributed by atoms with van der Waals surface area (Å²) in [5, 5.41) is 13.4. The van der Waals surface area contributed by atoms with Crippen LogP contribution in [0.1, 0.15) is 29.7 Å². The molecule has 1 unspecified atom stereocenters. The molecule has 0 aromatic heterocycles. The van der Waals surface area contributed by atoms with Gasteiger partial charge in [-0.05, 0) is 66.1 Å². The summed E-state index contributed by atoms with van der Waals surface area (Å²) in [7, 11) is 0. The third-order valence-electron chi connectivity index (χ3n) is 6.38. The average Bonchev–Trinajstić information content (AvgIpc) is 3.14. The molecule has 5 rings (SSSR count). The van der Waals surface area contributed by atoms with Crippen molar-refractivity contribution < 1.29 is 19.4 Å². The van der Waals surface area contributed by atoms with Crippen molar-refractivity contribution in [2.45, 2.75) is 19.9 Å². The molecule has 1 amide bonds. The number of aryl methyl sites for hydroxylation is 1. The van der Waals surface area contributed by atoms with Crippen molar-refractivity contribution in [2.75, 3.05) is 11.5 Å². The van der Waals surface area contributed by atoms with Crippen molar-refractivity contribution >= 4 is 33.9 Å². The number of benzene rings is 4. The fourth-order valence-electron chi connectivity index (χ4n) is 4.65. The van der Waals surface area contributed by atoms with E-state index in [1.54, 1.807) is 30.3 Å². The van der Waals surface area contributed by atoms with Crippen molar-refractivity contribution in [3.8, 4) is 5.75 Å². The number of carbonyl (C=O) groups is 2. The molecule has 0 radical (unpaired) electrons. The first kappa shape index (κ1) is 22.4. The SMILES string of the molecule is CCOc1ccc(N2C(=O)C(=O)/C(=C(/O)c3ccc4ccccc4c3)C2c2ccccc2C)cc1. The lowest BCUT2D eigenvalue weighted by Gasteiger charge is -2.26. The van der Waals surface area contributed by atoms with Crippen LogP contribution in [0.25, 0.3) is 16.5 Å². The largest absolute Gasteiger partial charge is 0.507 e. The van der Waals surface area contributed by atoms with E-state index in [2.05, 4.69) is 0 Å². The Morgan fingerprint density at radius 1 is 0.886 bits per heavy atom. The van der Waals surface area contributed by atoms with Crippen LogP contribution in [0.4, 0.5) is 5.69 Å². The van der Waals surface area contributed by atoms with Crippen LogP contribution in [0, 0.1) is 6.92 Å². The lowest BCUT2D eigenvalue weighted by Crippen LogP contribution is -2.29. The van der Waals surface area contributed by atoms with E-state index in [1.165, 1.54) is 4.90 Å². The molecule has 1 aliphatic rings. The zero-order valence-electron chi connectivity index (χ0n) is 19.6. The molecule has 35 heavy (non-hydrogen) atoms. The minimum Gasteiger partial charge on any atom is -0.507 e. The second kappa shape index (κ2) is 9.11. The molecule has 5 heteroatoms. The summed E-state index contributed by atoms with van der Waals surface area (Å²) < 4.78 is 5.53. The maximum absolute atomic E-state index is 13.4. The Bertz CT molecular complexity index is 1470. The van der Waals surface area contributed by atoms with Gasteiger partial charge in [0.1, 0.15) is 11.5 Å². The number of Topliss-reactive ketones (excluding diaryl/α,β-unsaturated/α-hetero) is 1. The van der Waals surface area contributed by atoms with Gasteiger partial charge >= 0.3 is 0 Å². The molecule has 0 bridgehead atoms. The van der Waals surface area contributed by atoms with E-state index in [9.17, 15) is 14.7 Å². The Kier molecular flexibility index (Phi) is 5.83. The third kappa shape index (κ3) is 3.95. The molecule has 1 N–H and O–H groups in total. The van der Waals surface area contributed by atoms with E-state index in [-0.39, 0.29) is 11.3 Å². The van der Waals surface area contributed by atoms with Gasteiger partial charge in [-0.3, -0.25) is 14.5 Å². The highest BCUT2D eigenvalue weighted by molar-refractivity contribution is 6.51. The maximum Gasteiger partial charge on any atom is 0.300 e. The molecule has 0 spiro atoms. The van der Waals surface area contributed by atoms with Gasteiger partial charge in [0.25, 0.3) is 11.7 Å².